The molecule has 0 aliphatic rings. The molecular formula is C22H30O4. The Morgan fingerprint density at radius 3 is 1.88 bits per heavy atom. The predicted molar refractivity (Wildman–Crippen MR) is 103 cm³/mol. The molecule has 2 aromatic rings. The van der Waals surface area contributed by atoms with Gasteiger partial charge in [-0.3, -0.25) is 0 Å². The van der Waals surface area contributed by atoms with Crippen molar-refractivity contribution in [1.29, 1.82) is 0 Å². The Bertz CT molecular complexity index is 627. The van der Waals surface area contributed by atoms with E-state index in [1.807, 2.05) is 60.7 Å². The lowest BCUT2D eigenvalue weighted by molar-refractivity contribution is -0.245. The fourth-order valence-electron chi connectivity index (χ4n) is 3.28. The van der Waals surface area contributed by atoms with Gasteiger partial charge < -0.3 is 20.1 Å². The van der Waals surface area contributed by atoms with Crippen molar-refractivity contribution in [1.82, 2.24) is 0 Å². The van der Waals surface area contributed by atoms with Gasteiger partial charge in [0.05, 0.1) is 18.3 Å². The Labute approximate surface area is 156 Å². The molecule has 0 saturated carbocycles. The van der Waals surface area contributed by atoms with Gasteiger partial charge in [0.25, 0.3) is 0 Å². The minimum absolute atomic E-state index is 0.104. The average Bonchev–Trinajstić information content (AvgIpc) is 2.54. The molecule has 4 unspecified atom stereocenters. The van der Waals surface area contributed by atoms with E-state index < -0.39 is 18.0 Å². The van der Waals surface area contributed by atoms with E-state index in [-0.39, 0.29) is 18.9 Å². The molecule has 4 nitrogen and oxygen atoms in total. The summed E-state index contributed by atoms with van der Waals surface area (Å²) < 4.78 is 6.10. The summed E-state index contributed by atoms with van der Waals surface area (Å²) in [7, 11) is 0. The largest absolute Gasteiger partial charge is 0.393 e. The summed E-state index contributed by atoms with van der Waals surface area (Å²) >= 11 is 0. The van der Waals surface area contributed by atoms with Gasteiger partial charge >= 0.3 is 0 Å². The first-order valence-electron chi connectivity index (χ1n) is 9.20. The van der Waals surface area contributed by atoms with E-state index in [4.69, 9.17) is 4.74 Å². The van der Waals surface area contributed by atoms with E-state index in [2.05, 4.69) is 0 Å². The van der Waals surface area contributed by atoms with E-state index >= 15 is 0 Å². The molecule has 4 heteroatoms. The first-order valence-corrected chi connectivity index (χ1v) is 9.20. The van der Waals surface area contributed by atoms with Crippen LogP contribution in [0.1, 0.15) is 37.8 Å². The maximum absolute atomic E-state index is 11.1. The number of rotatable bonds is 10. The highest BCUT2D eigenvalue weighted by Gasteiger charge is 2.33. The van der Waals surface area contributed by atoms with Gasteiger partial charge in [-0.25, -0.2) is 0 Å². The van der Waals surface area contributed by atoms with E-state index in [1.165, 1.54) is 0 Å². The number of aliphatic hydroxyl groups excluding tert-OH is 2. The molecule has 0 aliphatic heterocycles. The lowest BCUT2D eigenvalue weighted by atomic mass is 9.98. The normalized spacial score (nSPS) is 17.3. The molecule has 3 N–H and O–H groups in total. The molecule has 0 aromatic heterocycles. The summed E-state index contributed by atoms with van der Waals surface area (Å²) in [4.78, 5) is 0. The third kappa shape index (κ3) is 7.26. The van der Waals surface area contributed by atoms with Crippen LogP contribution in [0.25, 0.3) is 0 Å². The van der Waals surface area contributed by atoms with Crippen LogP contribution >= 0.6 is 0 Å². The Kier molecular flexibility index (Phi) is 7.79. The second kappa shape index (κ2) is 9.83. The van der Waals surface area contributed by atoms with Crippen LogP contribution in [0.5, 0.6) is 0 Å². The van der Waals surface area contributed by atoms with Crippen LogP contribution in [0.3, 0.4) is 0 Å². The van der Waals surface area contributed by atoms with Crippen molar-refractivity contribution >= 4 is 0 Å². The molecule has 0 saturated heterocycles. The van der Waals surface area contributed by atoms with Gasteiger partial charge in [-0.05, 0) is 37.8 Å². The zero-order valence-corrected chi connectivity index (χ0v) is 15.6. The molecule has 2 rings (SSSR count). The van der Waals surface area contributed by atoms with Crippen LogP contribution in [0.15, 0.2) is 60.7 Å². The van der Waals surface area contributed by atoms with Crippen LogP contribution in [-0.2, 0) is 17.6 Å². The van der Waals surface area contributed by atoms with Crippen LogP contribution in [-0.4, -0.2) is 39.4 Å². The summed E-state index contributed by atoms with van der Waals surface area (Å²) in [5.74, 6) is -1.50. The molecule has 0 amide bonds. The summed E-state index contributed by atoms with van der Waals surface area (Å²) in [6, 6.07) is 19.5. The number of benzene rings is 2. The van der Waals surface area contributed by atoms with Crippen molar-refractivity contribution in [3.8, 4) is 0 Å². The topological polar surface area (TPSA) is 69.9 Å². The first kappa shape index (κ1) is 20.6. The van der Waals surface area contributed by atoms with Gasteiger partial charge in [0.2, 0.25) is 0 Å². The van der Waals surface area contributed by atoms with Crippen molar-refractivity contribution < 1.29 is 20.1 Å². The average molecular weight is 358 g/mol. The molecule has 0 radical (unpaired) electrons. The standard InChI is InChI=1S/C22H30O4/c1-17(23)13-21(14-19-9-5-3-6-10-19)26-22(25,15-18(2)24)16-20-11-7-4-8-12-20/h3-12,17-18,21,23-25H,13-16H2,1-2H3. The Morgan fingerprint density at radius 1 is 0.846 bits per heavy atom. The molecule has 0 fully saturated rings. The first-order chi connectivity index (χ1) is 12.4. The number of hydrogen-bond acceptors (Lipinski definition) is 4. The van der Waals surface area contributed by atoms with Crippen LogP contribution in [0.2, 0.25) is 0 Å². The van der Waals surface area contributed by atoms with Crippen LogP contribution in [0.4, 0.5) is 0 Å². The minimum Gasteiger partial charge on any atom is -0.393 e. The zero-order chi connectivity index (χ0) is 19.0. The SMILES string of the molecule is CC(O)CC(Cc1ccccc1)OC(O)(Cc1ccccc1)CC(C)O. The van der Waals surface area contributed by atoms with Crippen molar-refractivity contribution in [2.75, 3.05) is 0 Å². The lowest BCUT2D eigenvalue weighted by Gasteiger charge is -2.34. The third-order valence-electron chi connectivity index (χ3n) is 4.23. The number of hydrogen-bond donors (Lipinski definition) is 3. The summed E-state index contributed by atoms with van der Waals surface area (Å²) in [6.45, 7) is 3.35. The van der Waals surface area contributed by atoms with E-state index in [1.54, 1.807) is 13.8 Å². The van der Waals surface area contributed by atoms with Gasteiger partial charge in [-0.2, -0.15) is 0 Å². The highest BCUT2D eigenvalue weighted by molar-refractivity contribution is 5.17. The van der Waals surface area contributed by atoms with E-state index in [9.17, 15) is 15.3 Å². The fourth-order valence-corrected chi connectivity index (χ4v) is 3.28. The summed E-state index contributed by atoms with van der Waals surface area (Å²) in [6.07, 6.45) is -0.223. The molecule has 0 heterocycles. The highest BCUT2D eigenvalue weighted by Crippen LogP contribution is 2.26. The van der Waals surface area contributed by atoms with Gasteiger partial charge in [0, 0.05) is 12.8 Å². The molecular weight excluding hydrogens is 328 g/mol. The molecule has 142 valence electrons. The Morgan fingerprint density at radius 2 is 1.38 bits per heavy atom. The van der Waals surface area contributed by atoms with E-state index in [0.29, 0.717) is 12.8 Å². The second-order valence-corrected chi connectivity index (χ2v) is 7.18. The molecule has 26 heavy (non-hydrogen) atoms. The molecule has 2 aromatic carbocycles. The van der Waals surface area contributed by atoms with Crippen molar-refractivity contribution in [3.05, 3.63) is 71.8 Å². The predicted octanol–water partition coefficient (Wildman–Crippen LogP) is 3.09. The van der Waals surface area contributed by atoms with Crippen LogP contribution < -0.4 is 0 Å². The summed E-state index contributed by atoms with van der Waals surface area (Å²) in [5, 5.41) is 30.9. The van der Waals surface area contributed by atoms with Gasteiger partial charge in [-0.15, -0.1) is 0 Å². The van der Waals surface area contributed by atoms with Gasteiger partial charge in [0.1, 0.15) is 0 Å². The Hall–Kier alpha value is -1.72. The summed E-state index contributed by atoms with van der Waals surface area (Å²) in [5.41, 5.74) is 2.02. The number of aliphatic hydroxyl groups is 3. The van der Waals surface area contributed by atoms with E-state index in [0.717, 1.165) is 11.1 Å². The smallest absolute Gasteiger partial charge is 0.172 e. The molecule has 0 spiro atoms. The molecule has 4 atom stereocenters. The lowest BCUT2D eigenvalue weighted by Crippen LogP contribution is -2.43. The molecule has 0 bridgehead atoms. The van der Waals surface area contributed by atoms with Crippen molar-refractivity contribution in [2.45, 2.75) is 63.6 Å². The van der Waals surface area contributed by atoms with Gasteiger partial charge in [0.15, 0.2) is 5.79 Å². The Balaban J connectivity index is 2.17. The number of ether oxygens (including phenoxy) is 1. The maximum Gasteiger partial charge on any atom is 0.172 e. The monoisotopic (exact) mass is 358 g/mol. The highest BCUT2D eigenvalue weighted by atomic mass is 16.6. The second-order valence-electron chi connectivity index (χ2n) is 7.18. The van der Waals surface area contributed by atoms with Crippen molar-refractivity contribution in [2.24, 2.45) is 0 Å². The van der Waals surface area contributed by atoms with Gasteiger partial charge in [-0.1, -0.05) is 60.7 Å². The molecule has 0 aliphatic carbocycles. The third-order valence-corrected chi connectivity index (χ3v) is 4.23. The minimum atomic E-state index is -1.50. The quantitative estimate of drug-likeness (QED) is 0.571. The fraction of sp³-hybridized carbons (Fsp3) is 0.455. The van der Waals surface area contributed by atoms with Crippen molar-refractivity contribution in [3.63, 3.8) is 0 Å². The zero-order valence-electron chi connectivity index (χ0n) is 15.6. The maximum atomic E-state index is 11.1. The van der Waals surface area contributed by atoms with Crippen LogP contribution in [0, 0.1) is 0 Å².